The largest absolute Gasteiger partial charge is 0.324 e. The van der Waals surface area contributed by atoms with Gasteiger partial charge in [0.1, 0.15) is 0 Å². The van der Waals surface area contributed by atoms with E-state index < -0.39 is 0 Å². The van der Waals surface area contributed by atoms with Gasteiger partial charge in [-0.3, -0.25) is 19.7 Å². The standard InChI is InChI=1S/C20H17N5O2S2/c1-13-3-4-17(9-14(13)2)24-19(16-5-7-21-8-6-16)22-23-20(24)29-12-15-10-18(25(26)27)28-11-15/h3-11H,12H2,1-2H3. The third-order valence-corrected chi connectivity index (χ3v) is 6.44. The van der Waals surface area contributed by atoms with Gasteiger partial charge in [-0.25, -0.2) is 0 Å². The molecule has 7 nitrogen and oxygen atoms in total. The zero-order valence-electron chi connectivity index (χ0n) is 15.8. The Morgan fingerprint density at radius 1 is 1.10 bits per heavy atom. The Bertz CT molecular complexity index is 1170. The third-order valence-electron chi connectivity index (χ3n) is 4.51. The summed E-state index contributed by atoms with van der Waals surface area (Å²) < 4.78 is 2.02. The van der Waals surface area contributed by atoms with Crippen LogP contribution in [0.15, 0.2) is 59.3 Å². The molecule has 0 atom stereocenters. The molecule has 0 aliphatic heterocycles. The molecule has 0 aliphatic carbocycles. The van der Waals surface area contributed by atoms with Gasteiger partial charge in [0.05, 0.1) is 10.6 Å². The van der Waals surface area contributed by atoms with Crippen molar-refractivity contribution in [2.75, 3.05) is 0 Å². The zero-order valence-corrected chi connectivity index (χ0v) is 17.4. The van der Waals surface area contributed by atoms with Gasteiger partial charge in [-0.05, 0) is 54.8 Å². The molecule has 0 amide bonds. The van der Waals surface area contributed by atoms with Gasteiger partial charge < -0.3 is 0 Å². The monoisotopic (exact) mass is 423 g/mol. The third kappa shape index (κ3) is 4.06. The molecular weight excluding hydrogens is 406 g/mol. The summed E-state index contributed by atoms with van der Waals surface area (Å²) in [6.45, 7) is 4.15. The predicted molar refractivity (Wildman–Crippen MR) is 115 cm³/mol. The molecule has 0 fully saturated rings. The molecule has 0 aliphatic rings. The van der Waals surface area contributed by atoms with Gasteiger partial charge in [-0.2, -0.15) is 0 Å². The van der Waals surface area contributed by atoms with Gasteiger partial charge >= 0.3 is 5.00 Å². The van der Waals surface area contributed by atoms with Crippen molar-refractivity contribution < 1.29 is 4.92 Å². The molecule has 146 valence electrons. The van der Waals surface area contributed by atoms with Gasteiger partial charge in [0.2, 0.25) is 0 Å². The Labute approximate surface area is 175 Å². The molecule has 4 aromatic rings. The molecular formula is C20H17N5O2S2. The molecule has 0 bridgehead atoms. The van der Waals surface area contributed by atoms with Gasteiger partial charge in [0, 0.05) is 35.2 Å². The van der Waals surface area contributed by atoms with Crippen molar-refractivity contribution in [1.82, 2.24) is 19.7 Å². The fraction of sp³-hybridized carbons (Fsp3) is 0.150. The molecule has 9 heteroatoms. The average molecular weight is 424 g/mol. The van der Waals surface area contributed by atoms with Crippen molar-refractivity contribution in [3.05, 3.63) is 81.0 Å². The number of aromatic nitrogens is 4. The summed E-state index contributed by atoms with van der Waals surface area (Å²) >= 11 is 2.64. The lowest BCUT2D eigenvalue weighted by molar-refractivity contribution is -0.380. The quantitative estimate of drug-likeness (QED) is 0.240. The minimum atomic E-state index is -0.363. The second-order valence-electron chi connectivity index (χ2n) is 6.49. The van der Waals surface area contributed by atoms with Crippen LogP contribution in [0.5, 0.6) is 0 Å². The van der Waals surface area contributed by atoms with E-state index in [1.54, 1.807) is 18.5 Å². The van der Waals surface area contributed by atoms with Crippen molar-refractivity contribution in [3.63, 3.8) is 0 Å². The number of nitrogens with zero attached hydrogens (tertiary/aromatic N) is 5. The molecule has 4 rings (SSSR count). The zero-order chi connectivity index (χ0) is 20.4. The number of hydrogen-bond acceptors (Lipinski definition) is 7. The summed E-state index contributed by atoms with van der Waals surface area (Å²) in [4.78, 5) is 14.6. The Morgan fingerprint density at radius 3 is 2.59 bits per heavy atom. The second kappa shape index (κ2) is 8.14. The summed E-state index contributed by atoms with van der Waals surface area (Å²) in [5.74, 6) is 1.30. The number of hydrogen-bond donors (Lipinski definition) is 0. The molecule has 0 spiro atoms. The van der Waals surface area contributed by atoms with Crippen LogP contribution in [0, 0.1) is 24.0 Å². The smallest absolute Gasteiger partial charge is 0.270 e. The van der Waals surface area contributed by atoms with Gasteiger partial charge in [0.25, 0.3) is 0 Å². The molecule has 0 saturated heterocycles. The topological polar surface area (TPSA) is 86.7 Å². The molecule has 0 radical (unpaired) electrons. The Hall–Kier alpha value is -3.04. The molecule has 0 unspecified atom stereocenters. The Kier molecular flexibility index (Phi) is 5.41. The number of aryl methyl sites for hydroxylation is 2. The lowest BCUT2D eigenvalue weighted by Gasteiger charge is -2.12. The maximum absolute atomic E-state index is 10.9. The first kappa shape index (κ1) is 19.3. The molecule has 0 saturated carbocycles. The van der Waals surface area contributed by atoms with E-state index >= 15 is 0 Å². The molecule has 29 heavy (non-hydrogen) atoms. The van der Waals surface area contributed by atoms with Crippen molar-refractivity contribution in [3.8, 4) is 17.1 Å². The number of rotatable bonds is 6. The number of pyridine rings is 1. The lowest BCUT2D eigenvalue weighted by atomic mass is 10.1. The highest BCUT2D eigenvalue weighted by molar-refractivity contribution is 7.98. The first-order valence-corrected chi connectivity index (χ1v) is 10.7. The number of nitro groups is 1. The maximum atomic E-state index is 10.9. The van der Waals surface area contributed by atoms with Crippen LogP contribution in [0.2, 0.25) is 0 Å². The Morgan fingerprint density at radius 2 is 1.90 bits per heavy atom. The maximum Gasteiger partial charge on any atom is 0.324 e. The first-order valence-electron chi connectivity index (χ1n) is 8.81. The van der Waals surface area contributed by atoms with Crippen molar-refractivity contribution >= 4 is 28.1 Å². The molecule has 3 aromatic heterocycles. The molecule has 3 heterocycles. The minimum absolute atomic E-state index is 0.147. The highest BCUT2D eigenvalue weighted by Gasteiger charge is 2.18. The van der Waals surface area contributed by atoms with Crippen LogP contribution in [0.1, 0.15) is 16.7 Å². The summed E-state index contributed by atoms with van der Waals surface area (Å²) in [5.41, 5.74) is 5.19. The van der Waals surface area contributed by atoms with Crippen molar-refractivity contribution in [1.29, 1.82) is 0 Å². The van der Waals surface area contributed by atoms with E-state index in [1.807, 2.05) is 22.1 Å². The van der Waals surface area contributed by atoms with Crippen LogP contribution in [0.25, 0.3) is 17.1 Å². The van der Waals surface area contributed by atoms with Crippen LogP contribution in [-0.4, -0.2) is 24.7 Å². The van der Waals surface area contributed by atoms with E-state index in [0.717, 1.165) is 39.1 Å². The van der Waals surface area contributed by atoms with E-state index in [9.17, 15) is 10.1 Å². The van der Waals surface area contributed by atoms with Gasteiger partial charge in [-0.15, -0.1) is 10.2 Å². The normalized spacial score (nSPS) is 11.0. The first-order chi connectivity index (χ1) is 14.0. The summed E-state index contributed by atoms with van der Waals surface area (Å²) in [6.07, 6.45) is 3.46. The van der Waals surface area contributed by atoms with E-state index in [2.05, 4.69) is 47.2 Å². The lowest BCUT2D eigenvalue weighted by Crippen LogP contribution is -2.01. The van der Waals surface area contributed by atoms with Crippen molar-refractivity contribution in [2.24, 2.45) is 0 Å². The highest BCUT2D eigenvalue weighted by atomic mass is 32.2. The number of benzene rings is 1. The fourth-order valence-electron chi connectivity index (χ4n) is 2.83. The second-order valence-corrected chi connectivity index (χ2v) is 8.32. The highest BCUT2D eigenvalue weighted by Crippen LogP contribution is 2.32. The van der Waals surface area contributed by atoms with E-state index in [4.69, 9.17) is 0 Å². The van der Waals surface area contributed by atoms with E-state index in [0.29, 0.717) is 5.75 Å². The van der Waals surface area contributed by atoms with Crippen LogP contribution in [0.3, 0.4) is 0 Å². The summed E-state index contributed by atoms with van der Waals surface area (Å²) in [5, 5.41) is 22.4. The van der Waals surface area contributed by atoms with Crippen LogP contribution >= 0.6 is 23.1 Å². The van der Waals surface area contributed by atoms with E-state index in [-0.39, 0.29) is 9.92 Å². The van der Waals surface area contributed by atoms with Crippen molar-refractivity contribution in [2.45, 2.75) is 24.8 Å². The molecule has 0 N–H and O–H groups in total. The minimum Gasteiger partial charge on any atom is -0.270 e. The van der Waals surface area contributed by atoms with Gasteiger partial charge in [0.15, 0.2) is 11.0 Å². The SMILES string of the molecule is Cc1ccc(-n2c(SCc3csc([N+](=O)[O-])c3)nnc2-c2ccncc2)cc1C. The van der Waals surface area contributed by atoms with Crippen LogP contribution in [-0.2, 0) is 5.75 Å². The molecule has 1 aromatic carbocycles. The Balaban J connectivity index is 1.72. The van der Waals surface area contributed by atoms with Gasteiger partial charge in [-0.1, -0.05) is 29.2 Å². The predicted octanol–water partition coefficient (Wildman–Crippen LogP) is 5.21. The van der Waals surface area contributed by atoms with E-state index in [1.165, 1.54) is 22.9 Å². The fourth-order valence-corrected chi connectivity index (χ4v) is 4.55. The number of thiophene rings is 1. The summed E-state index contributed by atoms with van der Waals surface area (Å²) in [6, 6.07) is 11.7. The number of thioether (sulfide) groups is 1. The van der Waals surface area contributed by atoms with Crippen LogP contribution < -0.4 is 0 Å². The van der Waals surface area contributed by atoms with Crippen LogP contribution in [0.4, 0.5) is 5.00 Å². The summed E-state index contributed by atoms with van der Waals surface area (Å²) in [7, 11) is 0. The average Bonchev–Trinajstić information content (AvgIpc) is 3.36.